The fourth-order valence-corrected chi connectivity index (χ4v) is 1.29. The molecule has 1 aromatic carbocycles. The molecule has 0 unspecified atom stereocenters. The molecule has 0 aliphatic rings. The fourth-order valence-electron chi connectivity index (χ4n) is 0.989. The molecule has 0 fully saturated rings. The van der Waals surface area contributed by atoms with Crippen molar-refractivity contribution in [2.75, 3.05) is 5.33 Å². The van der Waals surface area contributed by atoms with E-state index in [0.717, 1.165) is 0 Å². The molecular formula is C10H9BrF2. The third-order valence-corrected chi connectivity index (χ3v) is 2.47. The normalized spacial score (nSPS) is 10.2. The number of halogens is 3. The van der Waals surface area contributed by atoms with Crippen LogP contribution >= 0.6 is 15.9 Å². The molecule has 0 atom stereocenters. The molecule has 1 rings (SSSR count). The topological polar surface area (TPSA) is 0 Å². The van der Waals surface area contributed by atoms with Gasteiger partial charge in [-0.15, -0.1) is 0 Å². The highest BCUT2D eigenvalue weighted by Gasteiger charge is 2.08. The highest BCUT2D eigenvalue weighted by molar-refractivity contribution is 9.09. The molecule has 1 aromatic rings. The third-order valence-electron chi connectivity index (χ3n) is 1.79. The lowest BCUT2D eigenvalue weighted by Crippen LogP contribution is -1.94. The van der Waals surface area contributed by atoms with Crippen LogP contribution in [0.25, 0.3) is 5.57 Å². The predicted octanol–water partition coefficient (Wildman–Crippen LogP) is 3.68. The summed E-state index contributed by atoms with van der Waals surface area (Å²) in [6.07, 6.45) is 0. The Kier molecular flexibility index (Phi) is 3.20. The lowest BCUT2D eigenvalue weighted by Gasteiger charge is -2.05. The molecule has 0 aromatic heterocycles. The van der Waals surface area contributed by atoms with Crippen molar-refractivity contribution >= 4 is 21.5 Å². The summed E-state index contributed by atoms with van der Waals surface area (Å²) in [5, 5.41) is 0.437. The predicted molar refractivity (Wildman–Crippen MR) is 53.9 cm³/mol. The van der Waals surface area contributed by atoms with Gasteiger partial charge in [-0.3, -0.25) is 0 Å². The zero-order valence-corrected chi connectivity index (χ0v) is 8.79. The van der Waals surface area contributed by atoms with Gasteiger partial charge in [0, 0.05) is 10.9 Å². The zero-order valence-electron chi connectivity index (χ0n) is 7.20. The second kappa shape index (κ2) is 4.01. The summed E-state index contributed by atoms with van der Waals surface area (Å²) in [5.41, 5.74) is 1.08. The first-order chi connectivity index (χ1) is 6.06. The molecular weight excluding hydrogens is 238 g/mol. The number of hydrogen-bond acceptors (Lipinski definition) is 0. The van der Waals surface area contributed by atoms with Crippen LogP contribution in [0, 0.1) is 18.6 Å². The van der Waals surface area contributed by atoms with E-state index in [2.05, 4.69) is 22.5 Å². The average Bonchev–Trinajstić information content (AvgIpc) is 2.10. The molecule has 0 radical (unpaired) electrons. The quantitative estimate of drug-likeness (QED) is 0.699. The SMILES string of the molecule is C=C(CBr)c1cc(F)c(C)cc1F. The third kappa shape index (κ3) is 2.15. The van der Waals surface area contributed by atoms with Crippen molar-refractivity contribution in [3.63, 3.8) is 0 Å². The Morgan fingerprint density at radius 1 is 1.38 bits per heavy atom. The Labute approximate surface area is 84.4 Å². The van der Waals surface area contributed by atoms with E-state index in [1.807, 2.05) is 0 Å². The summed E-state index contributed by atoms with van der Waals surface area (Å²) in [7, 11) is 0. The highest BCUT2D eigenvalue weighted by atomic mass is 79.9. The summed E-state index contributed by atoms with van der Waals surface area (Å²) >= 11 is 3.14. The molecule has 70 valence electrons. The second-order valence-corrected chi connectivity index (χ2v) is 3.38. The second-order valence-electron chi connectivity index (χ2n) is 2.82. The monoisotopic (exact) mass is 246 g/mol. The minimum absolute atomic E-state index is 0.236. The van der Waals surface area contributed by atoms with E-state index >= 15 is 0 Å². The van der Waals surface area contributed by atoms with E-state index in [1.54, 1.807) is 0 Å². The van der Waals surface area contributed by atoms with Gasteiger partial charge in [0.05, 0.1) is 0 Å². The number of rotatable bonds is 2. The summed E-state index contributed by atoms with van der Waals surface area (Å²) in [6.45, 7) is 5.15. The van der Waals surface area contributed by atoms with Crippen molar-refractivity contribution in [2.45, 2.75) is 6.92 Å². The van der Waals surface area contributed by atoms with Gasteiger partial charge in [0.25, 0.3) is 0 Å². The summed E-state index contributed by atoms with van der Waals surface area (Å²) in [5.74, 6) is -0.832. The zero-order chi connectivity index (χ0) is 10.0. The van der Waals surface area contributed by atoms with Gasteiger partial charge in [0.1, 0.15) is 11.6 Å². The maximum absolute atomic E-state index is 13.2. The van der Waals surface area contributed by atoms with Crippen molar-refractivity contribution in [3.8, 4) is 0 Å². The van der Waals surface area contributed by atoms with E-state index in [1.165, 1.54) is 19.1 Å². The minimum Gasteiger partial charge on any atom is -0.207 e. The Morgan fingerprint density at radius 3 is 2.54 bits per heavy atom. The molecule has 0 bridgehead atoms. The van der Waals surface area contributed by atoms with Crippen molar-refractivity contribution in [2.24, 2.45) is 0 Å². The van der Waals surface area contributed by atoms with Crippen molar-refractivity contribution in [1.82, 2.24) is 0 Å². The summed E-state index contributed by atoms with van der Waals surface area (Å²) < 4.78 is 26.3. The Bertz CT molecular complexity index is 345. The summed E-state index contributed by atoms with van der Waals surface area (Å²) in [4.78, 5) is 0. The molecule has 0 aliphatic heterocycles. The highest BCUT2D eigenvalue weighted by Crippen LogP contribution is 2.21. The van der Waals surface area contributed by atoms with E-state index in [4.69, 9.17) is 0 Å². The molecule has 0 N–H and O–H groups in total. The van der Waals surface area contributed by atoms with Crippen LogP contribution in [0.4, 0.5) is 8.78 Å². The number of alkyl halides is 1. The molecule has 13 heavy (non-hydrogen) atoms. The van der Waals surface area contributed by atoms with E-state index in [9.17, 15) is 8.78 Å². The largest absolute Gasteiger partial charge is 0.207 e. The number of benzene rings is 1. The average molecular weight is 247 g/mol. The van der Waals surface area contributed by atoms with Gasteiger partial charge < -0.3 is 0 Å². The maximum Gasteiger partial charge on any atom is 0.131 e. The molecule has 0 saturated carbocycles. The number of allylic oxidation sites excluding steroid dienone is 1. The van der Waals surface area contributed by atoms with E-state index < -0.39 is 11.6 Å². The molecule has 0 nitrogen and oxygen atoms in total. The minimum atomic E-state index is -0.427. The van der Waals surface area contributed by atoms with Crippen LogP contribution in [0.5, 0.6) is 0 Å². The van der Waals surface area contributed by atoms with Crippen LogP contribution in [0.2, 0.25) is 0 Å². The van der Waals surface area contributed by atoms with Crippen molar-refractivity contribution in [1.29, 1.82) is 0 Å². The Hall–Kier alpha value is -0.700. The van der Waals surface area contributed by atoms with Crippen LogP contribution in [-0.2, 0) is 0 Å². The molecule has 0 heterocycles. The van der Waals surface area contributed by atoms with Crippen LogP contribution in [0.3, 0.4) is 0 Å². The van der Waals surface area contributed by atoms with Crippen molar-refractivity contribution in [3.05, 3.63) is 41.5 Å². The number of aryl methyl sites for hydroxylation is 1. The van der Waals surface area contributed by atoms with Gasteiger partial charge in [0.2, 0.25) is 0 Å². The number of hydrogen-bond donors (Lipinski definition) is 0. The van der Waals surface area contributed by atoms with E-state index in [-0.39, 0.29) is 5.56 Å². The molecule has 0 aliphatic carbocycles. The fraction of sp³-hybridized carbons (Fsp3) is 0.200. The van der Waals surface area contributed by atoms with Gasteiger partial charge in [0.15, 0.2) is 0 Å². The van der Waals surface area contributed by atoms with Gasteiger partial charge in [-0.2, -0.15) is 0 Å². The Balaban J connectivity index is 3.23. The maximum atomic E-state index is 13.2. The van der Waals surface area contributed by atoms with Crippen molar-refractivity contribution < 1.29 is 8.78 Å². The van der Waals surface area contributed by atoms with Crippen LogP contribution in [-0.4, -0.2) is 5.33 Å². The van der Waals surface area contributed by atoms with Crippen LogP contribution in [0.1, 0.15) is 11.1 Å². The molecule has 0 saturated heterocycles. The first-order valence-corrected chi connectivity index (χ1v) is 4.88. The van der Waals surface area contributed by atoms with E-state index in [0.29, 0.717) is 16.5 Å². The lowest BCUT2D eigenvalue weighted by atomic mass is 10.1. The lowest BCUT2D eigenvalue weighted by molar-refractivity contribution is 0.589. The molecule has 0 amide bonds. The Morgan fingerprint density at radius 2 is 2.00 bits per heavy atom. The van der Waals surface area contributed by atoms with Gasteiger partial charge in [-0.1, -0.05) is 22.5 Å². The van der Waals surface area contributed by atoms with Gasteiger partial charge in [-0.05, 0) is 30.2 Å². The first-order valence-electron chi connectivity index (χ1n) is 3.76. The smallest absolute Gasteiger partial charge is 0.131 e. The van der Waals surface area contributed by atoms with Gasteiger partial charge >= 0.3 is 0 Å². The standard InChI is InChI=1S/C10H9BrF2/c1-6-3-10(13)8(4-9(6)12)7(2)5-11/h3-4H,2,5H2,1H3. The molecule has 0 spiro atoms. The van der Waals surface area contributed by atoms with Gasteiger partial charge in [-0.25, -0.2) is 8.78 Å². The first kappa shape index (κ1) is 10.4. The van der Waals surface area contributed by atoms with Crippen LogP contribution in [0.15, 0.2) is 18.7 Å². The van der Waals surface area contributed by atoms with Crippen LogP contribution < -0.4 is 0 Å². The molecule has 3 heteroatoms. The summed E-state index contributed by atoms with van der Waals surface area (Å²) in [6, 6.07) is 2.35.